The fourth-order valence-corrected chi connectivity index (χ4v) is 6.84. The van der Waals surface area contributed by atoms with E-state index in [0.29, 0.717) is 31.8 Å². The van der Waals surface area contributed by atoms with E-state index in [-0.39, 0.29) is 0 Å². The van der Waals surface area contributed by atoms with Crippen LogP contribution in [-0.2, 0) is 24.5 Å². The van der Waals surface area contributed by atoms with Crippen molar-refractivity contribution in [2.45, 2.75) is 72.3 Å². The van der Waals surface area contributed by atoms with Crippen molar-refractivity contribution in [1.29, 1.82) is 0 Å². The van der Waals surface area contributed by atoms with Gasteiger partial charge in [0.2, 0.25) is 0 Å². The second kappa shape index (κ2) is 15.7. The monoisotopic (exact) mass is 498 g/mol. The maximum Gasteiger partial charge on any atom is 0.500 e. The lowest BCUT2D eigenvalue weighted by Gasteiger charge is -2.28. The predicted octanol–water partition coefficient (Wildman–Crippen LogP) is 7.38. The molecule has 0 amide bonds. The van der Waals surface area contributed by atoms with Gasteiger partial charge < -0.3 is 18.4 Å². The van der Waals surface area contributed by atoms with Crippen molar-refractivity contribution in [2.24, 2.45) is 0 Å². The molecule has 0 radical (unpaired) electrons. The number of carboxylic acids is 1. The fraction of sp³-hybridized carbons (Fsp3) is 0.483. The number of aliphatic carboxylic acids is 1. The number of hydrogen-bond acceptors (Lipinski definition) is 4. The van der Waals surface area contributed by atoms with Crippen LogP contribution in [0.4, 0.5) is 0 Å². The highest BCUT2D eigenvalue weighted by Gasteiger charge is 2.39. The molecule has 0 spiro atoms. The molecule has 0 saturated carbocycles. The van der Waals surface area contributed by atoms with E-state index in [4.69, 9.17) is 13.3 Å². The highest BCUT2D eigenvalue weighted by molar-refractivity contribution is 6.60. The Hall–Kier alpha value is -2.25. The van der Waals surface area contributed by atoms with Gasteiger partial charge in [-0.2, -0.15) is 0 Å². The molecule has 2 rings (SSSR count). The van der Waals surface area contributed by atoms with E-state index in [1.165, 1.54) is 11.1 Å². The molecule has 0 aromatic heterocycles. The van der Waals surface area contributed by atoms with Crippen LogP contribution in [-0.4, -0.2) is 39.7 Å². The molecular weight excluding hydrogens is 456 g/mol. The Morgan fingerprint density at radius 1 is 0.771 bits per heavy atom. The first-order valence-electron chi connectivity index (χ1n) is 13.0. The molecule has 0 saturated heterocycles. The lowest BCUT2D eigenvalue weighted by atomic mass is 10.00. The quantitative estimate of drug-likeness (QED) is 0.140. The summed E-state index contributed by atoms with van der Waals surface area (Å²) in [6.45, 7) is 9.82. The van der Waals surface area contributed by atoms with Crippen LogP contribution in [0.15, 0.2) is 54.1 Å². The zero-order chi connectivity index (χ0) is 25.5. The van der Waals surface area contributed by atoms with Crippen LogP contribution in [0, 0.1) is 0 Å². The van der Waals surface area contributed by atoms with Gasteiger partial charge in [0.1, 0.15) is 0 Å². The van der Waals surface area contributed by atoms with Crippen molar-refractivity contribution < 1.29 is 23.2 Å². The maximum absolute atomic E-state index is 11.8. The Bertz CT molecular complexity index is 889. The molecule has 0 aliphatic heterocycles. The van der Waals surface area contributed by atoms with Crippen molar-refractivity contribution in [2.75, 3.05) is 19.8 Å². The van der Waals surface area contributed by atoms with Gasteiger partial charge in [-0.25, -0.2) is 4.79 Å². The molecule has 0 heterocycles. The van der Waals surface area contributed by atoms with E-state index in [0.717, 1.165) is 49.3 Å². The Morgan fingerprint density at radius 2 is 1.29 bits per heavy atom. The van der Waals surface area contributed by atoms with Gasteiger partial charge in [0.05, 0.1) is 0 Å². The van der Waals surface area contributed by atoms with Crippen LogP contribution in [0.3, 0.4) is 0 Å². The summed E-state index contributed by atoms with van der Waals surface area (Å²) in [7, 11) is -2.59. The minimum atomic E-state index is -2.59. The Balaban J connectivity index is 1.88. The van der Waals surface area contributed by atoms with E-state index < -0.39 is 14.8 Å². The zero-order valence-electron chi connectivity index (χ0n) is 21.8. The summed E-state index contributed by atoms with van der Waals surface area (Å²) in [6.07, 6.45) is 7.14. The summed E-state index contributed by atoms with van der Waals surface area (Å²) >= 11 is 0. The van der Waals surface area contributed by atoms with Crippen molar-refractivity contribution >= 4 is 20.8 Å². The highest BCUT2D eigenvalue weighted by atomic mass is 28.4. The average Bonchev–Trinajstić information content (AvgIpc) is 2.86. The molecule has 0 aliphatic rings. The second-order valence-electron chi connectivity index (χ2n) is 8.54. The molecular formula is C29H42O5Si. The van der Waals surface area contributed by atoms with E-state index >= 15 is 0 Å². The van der Waals surface area contributed by atoms with E-state index in [2.05, 4.69) is 43.3 Å². The third kappa shape index (κ3) is 9.72. The largest absolute Gasteiger partial charge is 0.500 e. The molecule has 2 aromatic rings. The lowest BCUT2D eigenvalue weighted by Crippen LogP contribution is -2.45. The summed E-state index contributed by atoms with van der Waals surface area (Å²) < 4.78 is 17.7. The molecule has 0 bridgehead atoms. The number of aryl methyl sites for hydroxylation is 1. The summed E-state index contributed by atoms with van der Waals surface area (Å²) in [4.78, 5) is 11.8. The van der Waals surface area contributed by atoms with Gasteiger partial charge in [-0.15, -0.1) is 0 Å². The van der Waals surface area contributed by atoms with E-state index in [9.17, 15) is 9.90 Å². The van der Waals surface area contributed by atoms with Gasteiger partial charge in [-0.3, -0.25) is 0 Å². The first-order chi connectivity index (χ1) is 17.0. The van der Waals surface area contributed by atoms with Crippen molar-refractivity contribution in [3.05, 3.63) is 65.2 Å². The zero-order valence-corrected chi connectivity index (χ0v) is 22.8. The average molecular weight is 499 g/mol. The van der Waals surface area contributed by atoms with E-state index in [1.54, 1.807) is 6.08 Å². The Kier molecular flexibility index (Phi) is 13.0. The predicted molar refractivity (Wildman–Crippen MR) is 145 cm³/mol. The normalized spacial score (nSPS) is 12.2. The molecule has 0 aliphatic carbocycles. The summed E-state index contributed by atoms with van der Waals surface area (Å²) in [6, 6.07) is 17.5. The van der Waals surface area contributed by atoms with Gasteiger partial charge in [0.25, 0.3) is 0 Å². The van der Waals surface area contributed by atoms with Gasteiger partial charge >= 0.3 is 14.8 Å². The molecule has 0 atom stereocenters. The molecule has 1 N–H and O–H groups in total. The fourth-order valence-electron chi connectivity index (χ4n) is 4.16. The third-order valence-corrected chi connectivity index (χ3v) is 9.15. The molecule has 0 fully saturated rings. The summed E-state index contributed by atoms with van der Waals surface area (Å²) in [5, 5.41) is 9.69. The summed E-state index contributed by atoms with van der Waals surface area (Å²) in [5.74, 6) is -0.848. The number of benzene rings is 2. The maximum atomic E-state index is 11.8. The van der Waals surface area contributed by atoms with Crippen LogP contribution in [0.2, 0.25) is 6.04 Å². The number of unbranched alkanes of at least 4 members (excludes halogenated alkanes) is 3. The van der Waals surface area contributed by atoms with Gasteiger partial charge in [0, 0.05) is 31.4 Å². The van der Waals surface area contributed by atoms with Gasteiger partial charge in [-0.05, 0) is 74.8 Å². The van der Waals surface area contributed by atoms with Gasteiger partial charge in [0.15, 0.2) is 0 Å². The number of rotatable bonds is 17. The number of carbonyl (C=O) groups is 1. The molecule has 0 unspecified atom stereocenters. The highest BCUT2D eigenvalue weighted by Crippen LogP contribution is 2.23. The third-order valence-electron chi connectivity index (χ3n) is 5.99. The molecule has 6 heteroatoms. The first kappa shape index (κ1) is 29.0. The van der Waals surface area contributed by atoms with Crippen LogP contribution in [0.25, 0.3) is 17.2 Å². The first-order valence-corrected chi connectivity index (χ1v) is 14.9. The molecule has 5 nitrogen and oxygen atoms in total. The summed E-state index contributed by atoms with van der Waals surface area (Å²) in [5.41, 5.74) is 4.98. The van der Waals surface area contributed by atoms with Crippen LogP contribution in [0.1, 0.15) is 70.9 Å². The van der Waals surface area contributed by atoms with E-state index in [1.807, 2.05) is 32.9 Å². The topological polar surface area (TPSA) is 65.0 Å². The van der Waals surface area contributed by atoms with Crippen molar-refractivity contribution in [1.82, 2.24) is 0 Å². The van der Waals surface area contributed by atoms with Crippen LogP contribution in [0.5, 0.6) is 0 Å². The van der Waals surface area contributed by atoms with Crippen molar-refractivity contribution in [3.8, 4) is 11.1 Å². The smallest absolute Gasteiger partial charge is 0.478 e. The molecule has 2 aromatic carbocycles. The molecule has 35 heavy (non-hydrogen) atoms. The van der Waals surface area contributed by atoms with Gasteiger partial charge in [-0.1, -0.05) is 68.3 Å². The minimum absolute atomic E-state index is 0.451. The van der Waals surface area contributed by atoms with Crippen LogP contribution < -0.4 is 0 Å². The molecule has 192 valence electrons. The Labute approximate surface area is 212 Å². The van der Waals surface area contributed by atoms with Crippen molar-refractivity contribution in [3.63, 3.8) is 0 Å². The second-order valence-corrected chi connectivity index (χ2v) is 11.3. The number of hydrogen-bond donors (Lipinski definition) is 1. The standard InChI is InChI=1S/C29H42O5Si/c1-5-24-14-18-26(19-15-24)27-20-16-25(17-21-27)23-28(29(30)31)13-11-9-10-12-22-35(32-6-2,33-7-3)34-8-4/h14-21,23H,5-13,22H2,1-4H3,(H,30,31)/b28-23+. The SMILES string of the molecule is CCO[Si](CCCCCC/C(=C\c1ccc(-c2ccc(CC)cc2)cc1)C(=O)O)(OCC)OCC. The van der Waals surface area contributed by atoms with Crippen LogP contribution >= 0.6 is 0 Å². The minimum Gasteiger partial charge on any atom is -0.478 e. The Morgan fingerprint density at radius 3 is 1.77 bits per heavy atom. The number of carboxylic acid groups (broad SMARTS) is 1. The lowest BCUT2D eigenvalue weighted by molar-refractivity contribution is -0.132.